The standard InChI is InChI=1S/C7H10N2O2/c1-3(2)4-5(8)7(11)9-6(4)10/h3-4,8H,1-2H3,(H,9,10,11). The average molecular weight is 154 g/mol. The van der Waals surface area contributed by atoms with E-state index in [1.54, 1.807) is 0 Å². The molecule has 1 heterocycles. The van der Waals surface area contributed by atoms with Crippen LogP contribution in [0.5, 0.6) is 0 Å². The Labute approximate surface area is 64.5 Å². The Balaban J connectivity index is 2.88. The van der Waals surface area contributed by atoms with Gasteiger partial charge in [0.1, 0.15) is 5.71 Å². The summed E-state index contributed by atoms with van der Waals surface area (Å²) in [6, 6.07) is 0. The Morgan fingerprint density at radius 3 is 2.18 bits per heavy atom. The maximum absolute atomic E-state index is 11.0. The quantitative estimate of drug-likeness (QED) is 0.519. The molecule has 11 heavy (non-hydrogen) atoms. The predicted molar refractivity (Wildman–Crippen MR) is 39.2 cm³/mol. The summed E-state index contributed by atoms with van der Waals surface area (Å²) in [5, 5.41) is 9.34. The molecule has 1 atom stereocenters. The Kier molecular flexibility index (Phi) is 1.76. The van der Waals surface area contributed by atoms with E-state index in [2.05, 4.69) is 5.32 Å². The molecule has 1 fully saturated rings. The lowest BCUT2D eigenvalue weighted by Crippen LogP contribution is -2.24. The summed E-state index contributed by atoms with van der Waals surface area (Å²) in [5.74, 6) is -1.40. The van der Waals surface area contributed by atoms with Crippen molar-refractivity contribution < 1.29 is 9.59 Å². The Hall–Kier alpha value is -1.19. The van der Waals surface area contributed by atoms with Crippen molar-refractivity contribution >= 4 is 17.5 Å². The van der Waals surface area contributed by atoms with Gasteiger partial charge in [-0.15, -0.1) is 0 Å². The highest BCUT2D eigenvalue weighted by atomic mass is 16.2. The second kappa shape index (κ2) is 2.45. The molecule has 0 aromatic heterocycles. The van der Waals surface area contributed by atoms with Crippen LogP contribution in [0.1, 0.15) is 13.8 Å². The van der Waals surface area contributed by atoms with Gasteiger partial charge in [-0.25, -0.2) is 0 Å². The third-order valence-electron chi connectivity index (χ3n) is 1.74. The van der Waals surface area contributed by atoms with E-state index in [4.69, 9.17) is 5.41 Å². The van der Waals surface area contributed by atoms with Gasteiger partial charge in [-0.2, -0.15) is 0 Å². The second-order valence-corrected chi connectivity index (χ2v) is 2.95. The molecule has 1 saturated heterocycles. The summed E-state index contributed by atoms with van der Waals surface area (Å²) in [6.45, 7) is 3.63. The van der Waals surface area contributed by atoms with Crippen LogP contribution in [-0.4, -0.2) is 17.5 Å². The topological polar surface area (TPSA) is 70.0 Å². The molecule has 4 heteroatoms. The molecule has 0 spiro atoms. The highest BCUT2D eigenvalue weighted by Crippen LogP contribution is 2.16. The first-order valence-electron chi connectivity index (χ1n) is 3.47. The molecule has 0 bridgehead atoms. The molecule has 2 N–H and O–H groups in total. The molecule has 0 radical (unpaired) electrons. The fraction of sp³-hybridized carbons (Fsp3) is 0.571. The lowest BCUT2D eigenvalue weighted by atomic mass is 9.93. The van der Waals surface area contributed by atoms with Gasteiger partial charge in [0.15, 0.2) is 0 Å². The normalized spacial score (nSPS) is 24.6. The first-order chi connectivity index (χ1) is 5.04. The van der Waals surface area contributed by atoms with E-state index >= 15 is 0 Å². The first kappa shape index (κ1) is 7.91. The summed E-state index contributed by atoms with van der Waals surface area (Å²) in [6.07, 6.45) is 0. The zero-order valence-electron chi connectivity index (χ0n) is 6.47. The molecule has 0 aliphatic carbocycles. The maximum atomic E-state index is 11.0. The molecule has 2 amide bonds. The highest BCUT2D eigenvalue weighted by Gasteiger charge is 2.38. The van der Waals surface area contributed by atoms with Gasteiger partial charge in [-0.05, 0) is 5.92 Å². The summed E-state index contributed by atoms with van der Waals surface area (Å²) in [4.78, 5) is 21.7. The number of nitrogens with one attached hydrogen (secondary N) is 2. The van der Waals surface area contributed by atoms with Gasteiger partial charge >= 0.3 is 0 Å². The Morgan fingerprint density at radius 1 is 1.45 bits per heavy atom. The van der Waals surface area contributed by atoms with Crippen LogP contribution in [0.25, 0.3) is 0 Å². The minimum absolute atomic E-state index is 0.0222. The second-order valence-electron chi connectivity index (χ2n) is 2.95. The molecular weight excluding hydrogens is 144 g/mol. The SMILES string of the molecule is CC(C)C1C(=N)C(=O)NC1=O. The van der Waals surface area contributed by atoms with E-state index in [9.17, 15) is 9.59 Å². The third kappa shape index (κ3) is 1.15. The molecule has 0 saturated carbocycles. The minimum atomic E-state index is -0.547. The van der Waals surface area contributed by atoms with Crippen molar-refractivity contribution in [3.8, 4) is 0 Å². The summed E-state index contributed by atoms with van der Waals surface area (Å²) in [7, 11) is 0. The fourth-order valence-electron chi connectivity index (χ4n) is 1.17. The molecule has 0 aromatic carbocycles. The van der Waals surface area contributed by atoms with Crippen molar-refractivity contribution in [3.05, 3.63) is 0 Å². The fourth-order valence-corrected chi connectivity index (χ4v) is 1.17. The molecule has 1 rings (SSSR count). The zero-order chi connectivity index (χ0) is 8.59. The predicted octanol–water partition coefficient (Wildman–Crippen LogP) is -0.0652. The van der Waals surface area contributed by atoms with Crippen LogP contribution >= 0.6 is 0 Å². The van der Waals surface area contributed by atoms with Gasteiger partial charge in [0, 0.05) is 0 Å². The molecule has 4 nitrogen and oxygen atoms in total. The highest BCUT2D eigenvalue weighted by molar-refractivity contribution is 6.49. The number of hydrogen-bond donors (Lipinski definition) is 2. The number of carbonyl (C=O) groups is 2. The van der Waals surface area contributed by atoms with Crippen molar-refractivity contribution in [2.45, 2.75) is 13.8 Å². The molecule has 1 aliphatic rings. The van der Waals surface area contributed by atoms with Gasteiger partial charge in [0.05, 0.1) is 5.92 Å². The van der Waals surface area contributed by atoms with Crippen molar-refractivity contribution in [2.75, 3.05) is 0 Å². The molecule has 60 valence electrons. The lowest BCUT2D eigenvalue weighted by Gasteiger charge is -2.08. The molecular formula is C7H10N2O2. The van der Waals surface area contributed by atoms with Crippen LogP contribution in [0.15, 0.2) is 0 Å². The van der Waals surface area contributed by atoms with Gasteiger partial charge in [0.25, 0.3) is 5.91 Å². The summed E-state index contributed by atoms with van der Waals surface area (Å²) in [5.41, 5.74) is -0.106. The third-order valence-corrected chi connectivity index (χ3v) is 1.74. The van der Waals surface area contributed by atoms with Gasteiger partial charge in [-0.1, -0.05) is 13.8 Å². The van der Waals surface area contributed by atoms with Crippen LogP contribution < -0.4 is 5.32 Å². The number of rotatable bonds is 1. The number of hydrogen-bond acceptors (Lipinski definition) is 3. The Bertz CT molecular complexity index is 233. The molecule has 1 aliphatic heterocycles. The van der Waals surface area contributed by atoms with Crippen molar-refractivity contribution in [1.29, 1.82) is 5.41 Å². The maximum Gasteiger partial charge on any atom is 0.272 e. The van der Waals surface area contributed by atoms with E-state index in [0.29, 0.717) is 0 Å². The van der Waals surface area contributed by atoms with Crippen LogP contribution in [0.2, 0.25) is 0 Å². The van der Waals surface area contributed by atoms with Gasteiger partial charge in [0.2, 0.25) is 5.91 Å². The van der Waals surface area contributed by atoms with Crippen molar-refractivity contribution in [1.82, 2.24) is 5.32 Å². The smallest absolute Gasteiger partial charge is 0.272 e. The van der Waals surface area contributed by atoms with Gasteiger partial charge in [-0.3, -0.25) is 20.3 Å². The lowest BCUT2D eigenvalue weighted by molar-refractivity contribution is -0.126. The van der Waals surface area contributed by atoms with Crippen LogP contribution in [0.4, 0.5) is 0 Å². The van der Waals surface area contributed by atoms with E-state index in [1.807, 2.05) is 13.8 Å². The first-order valence-corrected chi connectivity index (χ1v) is 3.47. The summed E-state index contributed by atoms with van der Waals surface area (Å²) >= 11 is 0. The van der Waals surface area contributed by atoms with Crippen molar-refractivity contribution in [3.63, 3.8) is 0 Å². The van der Waals surface area contributed by atoms with Gasteiger partial charge < -0.3 is 0 Å². The zero-order valence-corrected chi connectivity index (χ0v) is 6.47. The van der Waals surface area contributed by atoms with Crippen LogP contribution in [-0.2, 0) is 9.59 Å². The van der Waals surface area contributed by atoms with Crippen molar-refractivity contribution in [2.24, 2.45) is 11.8 Å². The van der Waals surface area contributed by atoms with E-state index < -0.39 is 11.8 Å². The number of amides is 2. The monoisotopic (exact) mass is 154 g/mol. The van der Waals surface area contributed by atoms with E-state index in [0.717, 1.165) is 0 Å². The molecule has 1 unspecified atom stereocenters. The van der Waals surface area contributed by atoms with E-state index in [-0.39, 0.29) is 17.5 Å². The van der Waals surface area contributed by atoms with Crippen LogP contribution in [0, 0.1) is 17.2 Å². The van der Waals surface area contributed by atoms with Crippen LogP contribution in [0.3, 0.4) is 0 Å². The summed E-state index contributed by atoms with van der Waals surface area (Å²) < 4.78 is 0. The van der Waals surface area contributed by atoms with E-state index in [1.165, 1.54) is 0 Å². The minimum Gasteiger partial charge on any atom is -0.299 e. The Morgan fingerprint density at radius 2 is 2.00 bits per heavy atom. The number of carbonyl (C=O) groups excluding carboxylic acids is 2. The molecule has 0 aromatic rings. The largest absolute Gasteiger partial charge is 0.299 e. The average Bonchev–Trinajstić information content (AvgIpc) is 2.07. The number of imide groups is 1.